The second-order valence-corrected chi connectivity index (χ2v) is 5.43. The van der Waals surface area contributed by atoms with Gasteiger partial charge in [0, 0.05) is 23.2 Å². The molecule has 2 unspecified atom stereocenters. The Morgan fingerprint density at radius 3 is 2.70 bits per heavy atom. The molecule has 1 aliphatic heterocycles. The van der Waals surface area contributed by atoms with E-state index in [-0.39, 0.29) is 5.91 Å². The highest BCUT2D eigenvalue weighted by Crippen LogP contribution is 2.24. The normalized spacial score (nSPS) is 22.1. The lowest BCUT2D eigenvalue weighted by molar-refractivity contribution is 0.0510. The molecule has 1 aliphatic rings. The first-order valence-electron chi connectivity index (χ1n) is 7.25. The predicted molar refractivity (Wildman–Crippen MR) is 81.3 cm³/mol. The number of carbonyl (C=O) groups is 1. The molecule has 0 saturated carbocycles. The highest BCUT2D eigenvalue weighted by molar-refractivity contribution is 5.95. The highest BCUT2D eigenvalue weighted by atomic mass is 16.2. The summed E-state index contributed by atoms with van der Waals surface area (Å²) in [7, 11) is 0. The Hall–Kier alpha value is -1.79. The Bertz CT molecular complexity index is 531. The minimum absolute atomic E-state index is 0.112. The van der Waals surface area contributed by atoms with Crippen LogP contribution >= 0.6 is 0 Å². The van der Waals surface area contributed by atoms with Crippen molar-refractivity contribution < 1.29 is 4.79 Å². The number of benzene rings is 1. The summed E-state index contributed by atoms with van der Waals surface area (Å²) in [5, 5.41) is 0. The predicted octanol–water partition coefficient (Wildman–Crippen LogP) is 2.40. The molecule has 20 heavy (non-hydrogen) atoms. The maximum absolute atomic E-state index is 12.7. The first kappa shape index (κ1) is 14.6. The molecule has 3 heteroatoms. The first-order valence-corrected chi connectivity index (χ1v) is 7.25. The van der Waals surface area contributed by atoms with Crippen LogP contribution in [0.25, 0.3) is 0 Å². The molecule has 1 amide bonds. The van der Waals surface area contributed by atoms with Crippen molar-refractivity contribution in [3.63, 3.8) is 0 Å². The van der Waals surface area contributed by atoms with Crippen LogP contribution in [0.1, 0.15) is 49.0 Å². The van der Waals surface area contributed by atoms with Crippen molar-refractivity contribution in [3.05, 3.63) is 35.4 Å². The quantitative estimate of drug-likeness (QED) is 0.797. The zero-order valence-corrected chi connectivity index (χ0v) is 12.2. The van der Waals surface area contributed by atoms with E-state index in [4.69, 9.17) is 5.73 Å². The largest absolute Gasteiger partial charge is 0.333 e. The third kappa shape index (κ3) is 3.20. The minimum atomic E-state index is 0.112. The molecule has 1 aromatic rings. The first-order chi connectivity index (χ1) is 9.63. The lowest BCUT2D eigenvalue weighted by Crippen LogP contribution is -2.47. The van der Waals surface area contributed by atoms with Crippen molar-refractivity contribution >= 4 is 5.91 Å². The Morgan fingerprint density at radius 2 is 2.05 bits per heavy atom. The van der Waals surface area contributed by atoms with E-state index in [1.54, 1.807) is 0 Å². The van der Waals surface area contributed by atoms with Gasteiger partial charge in [0.1, 0.15) is 0 Å². The fourth-order valence-corrected chi connectivity index (χ4v) is 2.85. The van der Waals surface area contributed by atoms with Gasteiger partial charge in [-0.2, -0.15) is 0 Å². The van der Waals surface area contributed by atoms with Crippen molar-refractivity contribution in [1.82, 2.24) is 4.90 Å². The van der Waals surface area contributed by atoms with Crippen LogP contribution in [-0.4, -0.2) is 29.4 Å². The summed E-state index contributed by atoms with van der Waals surface area (Å²) in [6.45, 7) is 4.59. The van der Waals surface area contributed by atoms with E-state index in [1.165, 1.54) is 6.42 Å². The van der Waals surface area contributed by atoms with Crippen LogP contribution in [0.2, 0.25) is 0 Å². The number of rotatable bonds is 1. The fourth-order valence-electron chi connectivity index (χ4n) is 2.85. The molecule has 0 radical (unpaired) electrons. The van der Waals surface area contributed by atoms with Gasteiger partial charge in [-0.25, -0.2) is 0 Å². The van der Waals surface area contributed by atoms with E-state index >= 15 is 0 Å². The van der Waals surface area contributed by atoms with Crippen LogP contribution in [0.15, 0.2) is 24.3 Å². The van der Waals surface area contributed by atoms with Gasteiger partial charge in [0.15, 0.2) is 0 Å². The van der Waals surface area contributed by atoms with Gasteiger partial charge in [0.2, 0.25) is 0 Å². The van der Waals surface area contributed by atoms with Crippen LogP contribution < -0.4 is 5.73 Å². The van der Waals surface area contributed by atoms with Crippen molar-refractivity contribution in [2.45, 2.75) is 45.2 Å². The summed E-state index contributed by atoms with van der Waals surface area (Å²) >= 11 is 0. The van der Waals surface area contributed by atoms with Crippen molar-refractivity contribution in [2.24, 2.45) is 5.73 Å². The molecule has 2 N–H and O–H groups in total. The Labute approximate surface area is 121 Å². The molecule has 2 atom stereocenters. The molecule has 1 heterocycles. The maximum Gasteiger partial charge on any atom is 0.254 e. The van der Waals surface area contributed by atoms with Crippen molar-refractivity contribution in [3.8, 4) is 11.8 Å². The van der Waals surface area contributed by atoms with E-state index in [1.807, 2.05) is 29.2 Å². The number of hydrogen-bond acceptors (Lipinski definition) is 2. The van der Waals surface area contributed by atoms with E-state index in [0.717, 1.165) is 24.0 Å². The van der Waals surface area contributed by atoms with Crippen LogP contribution in [0.5, 0.6) is 0 Å². The van der Waals surface area contributed by atoms with E-state index < -0.39 is 0 Å². The average Bonchev–Trinajstić information content (AvgIpc) is 2.45. The van der Waals surface area contributed by atoms with Crippen LogP contribution in [0.3, 0.4) is 0 Å². The van der Waals surface area contributed by atoms with Crippen molar-refractivity contribution in [2.75, 3.05) is 6.54 Å². The summed E-state index contributed by atoms with van der Waals surface area (Å²) < 4.78 is 0. The number of piperidine rings is 1. The second kappa shape index (κ2) is 6.58. The molecule has 0 aromatic heterocycles. The third-order valence-corrected chi connectivity index (χ3v) is 3.87. The number of nitrogens with zero attached hydrogens (tertiary/aromatic N) is 1. The van der Waals surface area contributed by atoms with Gasteiger partial charge < -0.3 is 10.6 Å². The monoisotopic (exact) mass is 270 g/mol. The van der Waals surface area contributed by atoms with Gasteiger partial charge >= 0.3 is 0 Å². The molecule has 1 aromatic carbocycles. The second-order valence-electron chi connectivity index (χ2n) is 5.43. The highest BCUT2D eigenvalue weighted by Gasteiger charge is 2.29. The Morgan fingerprint density at radius 1 is 1.35 bits per heavy atom. The molecule has 1 fully saturated rings. The summed E-state index contributed by atoms with van der Waals surface area (Å²) in [6, 6.07) is 8.13. The summed E-state index contributed by atoms with van der Waals surface area (Å²) in [5.41, 5.74) is 6.94. The van der Waals surface area contributed by atoms with Gasteiger partial charge in [-0.15, -0.1) is 0 Å². The third-order valence-electron chi connectivity index (χ3n) is 3.87. The van der Waals surface area contributed by atoms with Crippen LogP contribution in [0.4, 0.5) is 0 Å². The SMILES string of the molecule is CC1CCCC(C)N1C(=O)c1cccc(C#CCN)c1. The molecular formula is C17H22N2O. The molecule has 0 bridgehead atoms. The molecular weight excluding hydrogens is 248 g/mol. The van der Waals surface area contributed by atoms with Gasteiger partial charge in [-0.1, -0.05) is 17.9 Å². The lowest BCUT2D eigenvalue weighted by atomic mass is 9.96. The fraction of sp³-hybridized carbons (Fsp3) is 0.471. The number of hydrogen-bond donors (Lipinski definition) is 1. The van der Waals surface area contributed by atoms with Crippen LogP contribution in [0, 0.1) is 11.8 Å². The topological polar surface area (TPSA) is 46.3 Å². The molecule has 3 nitrogen and oxygen atoms in total. The van der Waals surface area contributed by atoms with Crippen molar-refractivity contribution in [1.29, 1.82) is 0 Å². The van der Waals surface area contributed by atoms with Crippen LogP contribution in [-0.2, 0) is 0 Å². The molecule has 1 saturated heterocycles. The lowest BCUT2D eigenvalue weighted by Gasteiger charge is -2.39. The smallest absolute Gasteiger partial charge is 0.254 e. The average molecular weight is 270 g/mol. The molecule has 0 aliphatic carbocycles. The van der Waals surface area contributed by atoms with Gasteiger partial charge in [0.05, 0.1) is 6.54 Å². The molecule has 2 rings (SSSR count). The Balaban J connectivity index is 2.24. The van der Waals surface area contributed by atoms with E-state index in [0.29, 0.717) is 18.6 Å². The zero-order chi connectivity index (χ0) is 14.5. The Kier molecular flexibility index (Phi) is 4.81. The minimum Gasteiger partial charge on any atom is -0.333 e. The van der Waals surface area contributed by atoms with Gasteiger partial charge in [-0.3, -0.25) is 4.79 Å². The maximum atomic E-state index is 12.7. The van der Waals surface area contributed by atoms with Gasteiger partial charge in [0.25, 0.3) is 5.91 Å². The summed E-state index contributed by atoms with van der Waals surface area (Å²) in [4.78, 5) is 14.7. The summed E-state index contributed by atoms with van der Waals surface area (Å²) in [6.07, 6.45) is 3.37. The number of carbonyl (C=O) groups excluding carboxylic acids is 1. The standard InChI is InChI=1S/C17H22N2O/c1-13-6-3-7-14(2)19(13)17(20)16-10-4-8-15(12-16)9-5-11-18/h4,8,10,12-14H,3,6-7,11,18H2,1-2H3. The van der Waals surface area contributed by atoms with E-state index in [2.05, 4.69) is 25.7 Å². The van der Waals surface area contributed by atoms with Gasteiger partial charge in [-0.05, 0) is 51.3 Å². The number of amides is 1. The number of nitrogens with two attached hydrogens (primary N) is 1. The zero-order valence-electron chi connectivity index (χ0n) is 12.2. The van der Waals surface area contributed by atoms with E-state index in [9.17, 15) is 4.79 Å². The molecule has 0 spiro atoms. The summed E-state index contributed by atoms with van der Waals surface area (Å²) in [5.74, 6) is 5.91. The molecule has 106 valence electrons. The number of likely N-dealkylation sites (tertiary alicyclic amines) is 1.